The summed E-state index contributed by atoms with van der Waals surface area (Å²) in [5.74, 6) is 2.24. The van der Waals surface area contributed by atoms with Crippen LogP contribution in [0.3, 0.4) is 0 Å². The molecule has 144 valence electrons. The minimum absolute atomic E-state index is 0.292. The molecule has 3 aromatic heterocycles. The van der Waals surface area contributed by atoms with Crippen molar-refractivity contribution in [2.75, 3.05) is 13.1 Å². The summed E-state index contributed by atoms with van der Waals surface area (Å²) in [6, 6.07) is 3.63. The smallest absolute Gasteiger partial charge is 0.225 e. The molecule has 0 aromatic carbocycles. The van der Waals surface area contributed by atoms with Crippen LogP contribution in [0.2, 0.25) is 0 Å². The van der Waals surface area contributed by atoms with Gasteiger partial charge < -0.3 is 9.32 Å². The molecule has 1 aliphatic heterocycles. The number of aromatic nitrogens is 5. The van der Waals surface area contributed by atoms with Crippen molar-refractivity contribution in [2.45, 2.75) is 32.2 Å². The number of nitrogens with zero attached hydrogens (tertiary/aromatic N) is 6. The second kappa shape index (κ2) is 7.18. The molecule has 0 N–H and O–H groups in total. The summed E-state index contributed by atoms with van der Waals surface area (Å²) in [6.45, 7) is 2.49. The summed E-state index contributed by atoms with van der Waals surface area (Å²) in [4.78, 5) is 23.1. The predicted octanol–water partition coefficient (Wildman–Crippen LogP) is 2.64. The zero-order valence-corrected chi connectivity index (χ0v) is 15.6. The molecule has 1 aliphatic carbocycles. The van der Waals surface area contributed by atoms with E-state index in [1.807, 2.05) is 27.9 Å². The van der Waals surface area contributed by atoms with Crippen molar-refractivity contribution in [3.63, 3.8) is 0 Å². The molecule has 5 rings (SSSR count). The lowest BCUT2D eigenvalue weighted by atomic mass is 9.97. The third kappa shape index (κ3) is 3.54. The maximum absolute atomic E-state index is 12.3. The van der Waals surface area contributed by atoms with E-state index in [1.165, 1.54) is 0 Å². The molecule has 1 saturated carbocycles. The average molecular weight is 378 g/mol. The number of amides is 1. The molecule has 0 unspecified atom stereocenters. The number of furan rings is 1. The third-order valence-electron chi connectivity index (χ3n) is 5.43. The van der Waals surface area contributed by atoms with E-state index in [9.17, 15) is 4.79 Å². The fourth-order valence-electron chi connectivity index (χ4n) is 3.78. The first kappa shape index (κ1) is 17.1. The van der Waals surface area contributed by atoms with E-state index in [4.69, 9.17) is 4.42 Å². The van der Waals surface area contributed by atoms with Crippen LogP contribution in [0, 0.1) is 11.8 Å². The van der Waals surface area contributed by atoms with Gasteiger partial charge in [-0.2, -0.15) is 0 Å². The molecule has 1 saturated heterocycles. The predicted molar refractivity (Wildman–Crippen MR) is 101 cm³/mol. The van der Waals surface area contributed by atoms with E-state index < -0.39 is 0 Å². The number of hydrogen-bond donors (Lipinski definition) is 0. The SMILES string of the molecule is O=C(C1CC1)N1CCC[C@@H](Cn2cc(-c3cnc(-c4ccco4)nc3)nn2)C1. The maximum atomic E-state index is 12.3. The highest BCUT2D eigenvalue weighted by atomic mass is 16.3. The first-order valence-corrected chi connectivity index (χ1v) is 9.81. The molecular weight excluding hydrogens is 356 g/mol. The van der Waals surface area contributed by atoms with Crippen LogP contribution in [0.5, 0.6) is 0 Å². The fraction of sp³-hybridized carbons (Fsp3) is 0.450. The largest absolute Gasteiger partial charge is 0.461 e. The Morgan fingerprint density at radius 3 is 2.82 bits per heavy atom. The Morgan fingerprint density at radius 2 is 2.07 bits per heavy atom. The Morgan fingerprint density at radius 1 is 1.21 bits per heavy atom. The van der Waals surface area contributed by atoms with Crippen LogP contribution < -0.4 is 0 Å². The second-order valence-electron chi connectivity index (χ2n) is 7.67. The molecule has 1 atom stereocenters. The van der Waals surface area contributed by atoms with Crippen molar-refractivity contribution in [2.24, 2.45) is 11.8 Å². The molecule has 4 heterocycles. The van der Waals surface area contributed by atoms with Crippen molar-refractivity contribution in [3.8, 4) is 22.8 Å². The molecule has 8 heteroatoms. The van der Waals surface area contributed by atoms with Crippen LogP contribution in [0.4, 0.5) is 0 Å². The van der Waals surface area contributed by atoms with Crippen LogP contribution in [-0.4, -0.2) is 48.9 Å². The van der Waals surface area contributed by atoms with E-state index in [-0.39, 0.29) is 0 Å². The first-order valence-electron chi connectivity index (χ1n) is 9.81. The topological polar surface area (TPSA) is 89.9 Å². The zero-order chi connectivity index (χ0) is 18.9. The van der Waals surface area contributed by atoms with Crippen molar-refractivity contribution < 1.29 is 9.21 Å². The highest BCUT2D eigenvalue weighted by Crippen LogP contribution is 2.32. The van der Waals surface area contributed by atoms with E-state index >= 15 is 0 Å². The summed E-state index contributed by atoms with van der Waals surface area (Å²) in [5, 5.41) is 8.53. The van der Waals surface area contributed by atoms with Crippen molar-refractivity contribution in [1.82, 2.24) is 29.9 Å². The molecule has 2 aliphatic rings. The monoisotopic (exact) mass is 378 g/mol. The van der Waals surface area contributed by atoms with Gasteiger partial charge in [-0.15, -0.1) is 5.10 Å². The molecular formula is C20H22N6O2. The number of carbonyl (C=O) groups is 1. The third-order valence-corrected chi connectivity index (χ3v) is 5.43. The maximum Gasteiger partial charge on any atom is 0.225 e. The molecule has 2 fully saturated rings. The van der Waals surface area contributed by atoms with Gasteiger partial charge in [0.15, 0.2) is 11.6 Å². The van der Waals surface area contributed by atoms with Gasteiger partial charge in [-0.25, -0.2) is 9.97 Å². The van der Waals surface area contributed by atoms with E-state index in [0.29, 0.717) is 29.3 Å². The Kier molecular flexibility index (Phi) is 4.38. The zero-order valence-electron chi connectivity index (χ0n) is 15.6. The van der Waals surface area contributed by atoms with Crippen molar-refractivity contribution in [3.05, 3.63) is 37.0 Å². The number of hydrogen-bond acceptors (Lipinski definition) is 6. The highest BCUT2D eigenvalue weighted by molar-refractivity contribution is 5.81. The van der Waals surface area contributed by atoms with Crippen LogP contribution in [0.1, 0.15) is 25.7 Å². The Balaban J connectivity index is 1.24. The molecule has 0 bridgehead atoms. The lowest BCUT2D eigenvalue weighted by Crippen LogP contribution is -2.41. The van der Waals surface area contributed by atoms with E-state index in [2.05, 4.69) is 20.3 Å². The summed E-state index contributed by atoms with van der Waals surface area (Å²) in [5.41, 5.74) is 1.56. The molecule has 0 spiro atoms. The number of piperidine rings is 1. The number of carbonyl (C=O) groups excluding carboxylic acids is 1. The number of likely N-dealkylation sites (tertiary alicyclic amines) is 1. The molecule has 28 heavy (non-hydrogen) atoms. The van der Waals surface area contributed by atoms with Crippen LogP contribution in [0.15, 0.2) is 41.4 Å². The highest BCUT2D eigenvalue weighted by Gasteiger charge is 2.35. The number of rotatable bonds is 5. The summed E-state index contributed by atoms with van der Waals surface area (Å²) < 4.78 is 7.18. The van der Waals surface area contributed by atoms with Gasteiger partial charge in [-0.3, -0.25) is 9.48 Å². The first-order chi connectivity index (χ1) is 13.8. The van der Waals surface area contributed by atoms with Gasteiger partial charge in [0, 0.05) is 43.5 Å². The normalized spacial score (nSPS) is 19.7. The van der Waals surface area contributed by atoms with Crippen LogP contribution in [0.25, 0.3) is 22.8 Å². The van der Waals surface area contributed by atoms with Crippen LogP contribution >= 0.6 is 0 Å². The lowest BCUT2D eigenvalue weighted by molar-refractivity contribution is -0.134. The Labute approximate surface area is 162 Å². The summed E-state index contributed by atoms with van der Waals surface area (Å²) in [7, 11) is 0. The Hall–Kier alpha value is -3.03. The van der Waals surface area contributed by atoms with Crippen molar-refractivity contribution >= 4 is 5.91 Å². The van der Waals surface area contributed by atoms with Gasteiger partial charge in [0.05, 0.1) is 12.5 Å². The Bertz CT molecular complexity index is 946. The standard InChI is InChI=1S/C20H22N6O2/c27-20(15-5-6-15)25-7-1-3-14(11-25)12-26-13-17(23-24-26)16-9-21-19(22-10-16)18-4-2-8-28-18/h2,4,8-10,13-15H,1,3,5-7,11-12H2/t14-/m1/s1. The minimum atomic E-state index is 0.292. The second-order valence-corrected chi connectivity index (χ2v) is 7.67. The molecule has 3 aromatic rings. The summed E-state index contributed by atoms with van der Waals surface area (Å²) in [6.07, 6.45) is 11.3. The van der Waals surface area contributed by atoms with Gasteiger partial charge in [-0.1, -0.05) is 5.21 Å². The van der Waals surface area contributed by atoms with Crippen LogP contribution in [-0.2, 0) is 11.3 Å². The van der Waals surface area contributed by atoms with E-state index in [0.717, 1.165) is 56.6 Å². The van der Waals surface area contributed by atoms with Gasteiger partial charge in [-0.05, 0) is 43.7 Å². The fourth-order valence-corrected chi connectivity index (χ4v) is 3.78. The summed E-state index contributed by atoms with van der Waals surface area (Å²) >= 11 is 0. The molecule has 8 nitrogen and oxygen atoms in total. The van der Waals surface area contributed by atoms with Gasteiger partial charge in [0.25, 0.3) is 0 Å². The van der Waals surface area contributed by atoms with E-state index in [1.54, 1.807) is 18.7 Å². The van der Waals surface area contributed by atoms with Gasteiger partial charge in [0.1, 0.15) is 5.69 Å². The molecule has 0 radical (unpaired) electrons. The van der Waals surface area contributed by atoms with Gasteiger partial charge in [0.2, 0.25) is 5.91 Å². The average Bonchev–Trinajstić information content (AvgIpc) is 3.23. The van der Waals surface area contributed by atoms with Crippen molar-refractivity contribution in [1.29, 1.82) is 0 Å². The lowest BCUT2D eigenvalue weighted by Gasteiger charge is -2.32. The quantitative estimate of drug-likeness (QED) is 0.678. The minimum Gasteiger partial charge on any atom is -0.461 e. The van der Waals surface area contributed by atoms with Gasteiger partial charge >= 0.3 is 0 Å². The molecule has 1 amide bonds.